The van der Waals surface area contributed by atoms with Crippen LogP contribution in [0.2, 0.25) is 0 Å². The number of carbonyl (C=O) groups is 3. The van der Waals surface area contributed by atoms with Gasteiger partial charge in [-0.25, -0.2) is 4.79 Å². The third-order valence-electron chi connectivity index (χ3n) is 3.63. The van der Waals surface area contributed by atoms with Gasteiger partial charge in [-0.1, -0.05) is 62.9 Å². The van der Waals surface area contributed by atoms with E-state index >= 15 is 0 Å². The summed E-state index contributed by atoms with van der Waals surface area (Å²) in [7, 11) is 0. The summed E-state index contributed by atoms with van der Waals surface area (Å²) in [4.78, 5) is 34.8. The lowest BCUT2D eigenvalue weighted by atomic mass is 10.1. The van der Waals surface area contributed by atoms with Crippen LogP contribution in [0.15, 0.2) is 30.3 Å². The number of ether oxygens (including phenoxy) is 1. The number of alkyl carbamates (subject to hydrolysis) is 1. The van der Waals surface area contributed by atoms with Gasteiger partial charge >= 0.3 is 6.09 Å². The maximum absolute atomic E-state index is 11.8. The van der Waals surface area contributed by atoms with E-state index in [1.165, 1.54) is 0 Å². The summed E-state index contributed by atoms with van der Waals surface area (Å²) in [6.07, 6.45) is 3.77. The first-order chi connectivity index (χ1) is 12.0. The second kappa shape index (κ2) is 11.9. The molecule has 0 aliphatic heterocycles. The molecule has 4 N–H and O–H groups in total. The average Bonchev–Trinajstić information content (AvgIpc) is 2.61. The lowest BCUT2D eigenvalue weighted by Crippen LogP contribution is -2.47. The topological polar surface area (TPSA) is 111 Å². The van der Waals surface area contributed by atoms with E-state index in [0.29, 0.717) is 6.42 Å². The molecule has 0 spiro atoms. The smallest absolute Gasteiger partial charge is 0.407 e. The number of benzene rings is 1. The van der Waals surface area contributed by atoms with Crippen molar-refractivity contribution in [3.8, 4) is 0 Å². The summed E-state index contributed by atoms with van der Waals surface area (Å²) in [5.41, 5.74) is 6.15. The first kappa shape index (κ1) is 20.5. The Kier molecular flexibility index (Phi) is 9.74. The molecule has 1 aromatic rings. The Morgan fingerprint density at radius 2 is 1.84 bits per heavy atom. The van der Waals surface area contributed by atoms with Gasteiger partial charge in [0.2, 0.25) is 11.8 Å². The number of amides is 3. The molecule has 1 rings (SSSR count). The van der Waals surface area contributed by atoms with Crippen molar-refractivity contribution in [3.05, 3.63) is 35.9 Å². The van der Waals surface area contributed by atoms with Crippen LogP contribution in [0, 0.1) is 0 Å². The molecule has 0 unspecified atom stereocenters. The van der Waals surface area contributed by atoms with Crippen LogP contribution in [0.4, 0.5) is 4.79 Å². The Bertz CT molecular complexity index is 549. The zero-order chi connectivity index (χ0) is 18.5. The number of carbonyl (C=O) groups excluding carboxylic acids is 3. The minimum absolute atomic E-state index is 0.121. The zero-order valence-electron chi connectivity index (χ0n) is 14.6. The minimum Gasteiger partial charge on any atom is -0.445 e. The van der Waals surface area contributed by atoms with Crippen LogP contribution in [0.5, 0.6) is 0 Å². The molecule has 0 saturated carbocycles. The van der Waals surface area contributed by atoms with Crippen molar-refractivity contribution < 1.29 is 19.1 Å². The van der Waals surface area contributed by atoms with Crippen LogP contribution in [-0.2, 0) is 20.9 Å². The molecule has 3 amide bonds. The number of nitrogens with two attached hydrogens (primary N) is 1. The van der Waals surface area contributed by atoms with Crippen molar-refractivity contribution in [1.29, 1.82) is 0 Å². The van der Waals surface area contributed by atoms with E-state index in [-0.39, 0.29) is 13.2 Å². The standard InChI is InChI=1S/C18H27N3O4/c1-2-3-4-8-11-15(17(19)23)21-16(22)12-20-18(24)25-13-14-9-6-5-7-10-14/h5-7,9-10,15H,2-4,8,11-13H2,1H3,(H2,19,23)(H,20,24)(H,21,22)/t15-/m1/s1. The summed E-state index contributed by atoms with van der Waals surface area (Å²) in [6, 6.07) is 8.49. The molecule has 7 heteroatoms. The van der Waals surface area contributed by atoms with Crippen molar-refractivity contribution in [3.63, 3.8) is 0 Å². The first-order valence-electron chi connectivity index (χ1n) is 8.56. The van der Waals surface area contributed by atoms with Gasteiger partial charge in [0.15, 0.2) is 0 Å². The molecule has 0 fully saturated rings. The molecule has 0 aliphatic rings. The van der Waals surface area contributed by atoms with E-state index in [9.17, 15) is 14.4 Å². The average molecular weight is 349 g/mol. The molecule has 7 nitrogen and oxygen atoms in total. The maximum atomic E-state index is 11.8. The van der Waals surface area contributed by atoms with Crippen LogP contribution in [0.3, 0.4) is 0 Å². The van der Waals surface area contributed by atoms with E-state index in [1.54, 1.807) is 0 Å². The fourth-order valence-corrected chi connectivity index (χ4v) is 2.23. The third-order valence-corrected chi connectivity index (χ3v) is 3.63. The van der Waals surface area contributed by atoms with Gasteiger partial charge in [-0.2, -0.15) is 0 Å². The van der Waals surface area contributed by atoms with Crippen molar-refractivity contribution in [2.45, 2.75) is 51.7 Å². The molecule has 0 aromatic heterocycles. The molecule has 0 saturated heterocycles. The number of hydrogen-bond donors (Lipinski definition) is 3. The van der Waals surface area contributed by atoms with E-state index in [1.807, 2.05) is 30.3 Å². The van der Waals surface area contributed by atoms with Crippen molar-refractivity contribution in [2.24, 2.45) is 5.73 Å². The summed E-state index contributed by atoms with van der Waals surface area (Å²) in [6.45, 7) is 1.94. The Labute approximate surface area is 148 Å². The highest BCUT2D eigenvalue weighted by Crippen LogP contribution is 2.05. The van der Waals surface area contributed by atoms with Gasteiger partial charge in [0.05, 0.1) is 0 Å². The number of hydrogen-bond acceptors (Lipinski definition) is 4. The Morgan fingerprint density at radius 1 is 1.12 bits per heavy atom. The molecule has 1 aromatic carbocycles. The van der Waals surface area contributed by atoms with Gasteiger partial charge in [0.1, 0.15) is 19.2 Å². The zero-order valence-corrected chi connectivity index (χ0v) is 14.6. The molecule has 1 atom stereocenters. The molecule has 0 radical (unpaired) electrons. The summed E-state index contributed by atoms with van der Waals surface area (Å²) in [5.74, 6) is -1.05. The van der Waals surface area contributed by atoms with E-state index in [0.717, 1.165) is 31.2 Å². The normalized spacial score (nSPS) is 11.4. The van der Waals surface area contributed by atoms with Gasteiger partial charge in [-0.05, 0) is 12.0 Å². The fourth-order valence-electron chi connectivity index (χ4n) is 2.23. The van der Waals surface area contributed by atoms with Gasteiger partial charge in [0, 0.05) is 0 Å². The molecule has 138 valence electrons. The predicted molar refractivity (Wildman–Crippen MR) is 94.5 cm³/mol. The first-order valence-corrected chi connectivity index (χ1v) is 8.56. The van der Waals surface area contributed by atoms with Crippen LogP contribution < -0.4 is 16.4 Å². The molecule has 25 heavy (non-hydrogen) atoms. The maximum Gasteiger partial charge on any atom is 0.407 e. The summed E-state index contributed by atoms with van der Waals surface area (Å²) >= 11 is 0. The Balaban J connectivity index is 2.26. The van der Waals surface area contributed by atoms with Gasteiger partial charge < -0.3 is 21.1 Å². The van der Waals surface area contributed by atoms with Crippen molar-refractivity contribution in [1.82, 2.24) is 10.6 Å². The lowest BCUT2D eigenvalue weighted by Gasteiger charge is -2.15. The number of nitrogens with one attached hydrogen (secondary N) is 2. The van der Waals surface area contributed by atoms with Crippen LogP contribution >= 0.6 is 0 Å². The molecular formula is C18H27N3O4. The van der Waals surface area contributed by atoms with Crippen LogP contribution in [0.25, 0.3) is 0 Å². The lowest BCUT2D eigenvalue weighted by molar-refractivity contribution is -0.127. The molecule has 0 aliphatic carbocycles. The second-order valence-electron chi connectivity index (χ2n) is 5.79. The van der Waals surface area contributed by atoms with Crippen LogP contribution in [-0.4, -0.2) is 30.5 Å². The van der Waals surface area contributed by atoms with E-state index < -0.39 is 23.9 Å². The van der Waals surface area contributed by atoms with E-state index in [2.05, 4.69) is 17.6 Å². The van der Waals surface area contributed by atoms with Gasteiger partial charge in [-0.15, -0.1) is 0 Å². The number of unbranched alkanes of at least 4 members (excludes halogenated alkanes) is 3. The monoisotopic (exact) mass is 349 g/mol. The largest absolute Gasteiger partial charge is 0.445 e. The molecular weight excluding hydrogens is 322 g/mol. The predicted octanol–water partition coefficient (Wildman–Crippen LogP) is 1.85. The quantitative estimate of drug-likeness (QED) is 0.529. The van der Waals surface area contributed by atoms with Crippen molar-refractivity contribution in [2.75, 3.05) is 6.54 Å². The third kappa shape index (κ3) is 9.34. The summed E-state index contributed by atoms with van der Waals surface area (Å²) in [5, 5.41) is 4.89. The molecule has 0 bridgehead atoms. The second-order valence-corrected chi connectivity index (χ2v) is 5.79. The number of primary amides is 1. The minimum atomic E-state index is -0.716. The highest BCUT2D eigenvalue weighted by atomic mass is 16.5. The fraction of sp³-hybridized carbons (Fsp3) is 0.500. The highest BCUT2D eigenvalue weighted by molar-refractivity contribution is 5.88. The Morgan fingerprint density at radius 3 is 2.48 bits per heavy atom. The van der Waals surface area contributed by atoms with Crippen molar-refractivity contribution >= 4 is 17.9 Å². The molecule has 0 heterocycles. The Hall–Kier alpha value is -2.57. The van der Waals surface area contributed by atoms with Crippen LogP contribution in [0.1, 0.15) is 44.6 Å². The van der Waals surface area contributed by atoms with E-state index in [4.69, 9.17) is 10.5 Å². The number of rotatable bonds is 11. The summed E-state index contributed by atoms with van der Waals surface area (Å²) < 4.78 is 5.00. The highest BCUT2D eigenvalue weighted by Gasteiger charge is 2.18. The SMILES string of the molecule is CCCCCC[C@@H](NC(=O)CNC(=O)OCc1ccccc1)C(N)=O. The van der Waals surface area contributed by atoms with Gasteiger partial charge in [0.25, 0.3) is 0 Å². The van der Waals surface area contributed by atoms with Gasteiger partial charge in [-0.3, -0.25) is 9.59 Å².